The molecule has 10 heteroatoms. The molecule has 0 aliphatic carbocycles. The maximum absolute atomic E-state index is 13.3. The molecule has 0 saturated carbocycles. The van der Waals surface area contributed by atoms with Crippen molar-refractivity contribution in [2.45, 2.75) is 6.61 Å². The zero-order valence-electron chi connectivity index (χ0n) is 15.6. The zero-order valence-corrected chi connectivity index (χ0v) is 15.6. The Morgan fingerprint density at radius 1 is 0.871 bits per heavy atom. The Bertz CT molecular complexity index is 1350. The Morgan fingerprint density at radius 3 is 2.32 bits per heavy atom. The van der Waals surface area contributed by atoms with Crippen molar-refractivity contribution in [1.82, 2.24) is 24.8 Å². The van der Waals surface area contributed by atoms with E-state index in [-0.39, 0.29) is 23.3 Å². The van der Waals surface area contributed by atoms with Crippen molar-refractivity contribution in [1.29, 1.82) is 0 Å². The van der Waals surface area contributed by atoms with E-state index in [1.165, 1.54) is 36.4 Å². The number of hydrogen-bond donors (Lipinski definition) is 0. The van der Waals surface area contributed by atoms with E-state index in [1.807, 2.05) is 0 Å². The maximum atomic E-state index is 13.3. The third kappa shape index (κ3) is 3.70. The smallest absolute Gasteiger partial charge is 0.387 e. The molecule has 0 unspecified atom stereocenters. The van der Waals surface area contributed by atoms with Crippen molar-refractivity contribution < 1.29 is 22.3 Å². The first-order chi connectivity index (χ1) is 15.1. The van der Waals surface area contributed by atoms with Gasteiger partial charge in [0.1, 0.15) is 11.6 Å². The molecule has 3 heterocycles. The van der Waals surface area contributed by atoms with Gasteiger partial charge in [-0.2, -0.15) is 13.9 Å². The summed E-state index contributed by atoms with van der Waals surface area (Å²) in [5.74, 6) is 0.0569. The summed E-state index contributed by atoms with van der Waals surface area (Å²) in [7, 11) is 0. The monoisotopic (exact) mass is 423 g/mol. The van der Waals surface area contributed by atoms with Crippen molar-refractivity contribution in [2.24, 2.45) is 0 Å². The predicted octanol–water partition coefficient (Wildman–Crippen LogP) is 4.85. The second-order valence-electron chi connectivity index (χ2n) is 6.45. The highest BCUT2D eigenvalue weighted by atomic mass is 19.3. The molecule has 0 amide bonds. The molecule has 2 aromatic carbocycles. The van der Waals surface area contributed by atoms with Gasteiger partial charge in [-0.15, -0.1) is 10.2 Å². The van der Waals surface area contributed by atoms with E-state index < -0.39 is 6.61 Å². The Labute approximate surface area is 172 Å². The summed E-state index contributed by atoms with van der Waals surface area (Å²) in [6.45, 7) is -2.90. The van der Waals surface area contributed by atoms with Crippen LogP contribution in [0.3, 0.4) is 0 Å². The lowest BCUT2D eigenvalue weighted by molar-refractivity contribution is -0.0498. The van der Waals surface area contributed by atoms with Gasteiger partial charge in [0.2, 0.25) is 5.89 Å². The lowest BCUT2D eigenvalue weighted by atomic mass is 10.1. The summed E-state index contributed by atoms with van der Waals surface area (Å²) in [4.78, 5) is 4.29. The van der Waals surface area contributed by atoms with Crippen molar-refractivity contribution >= 4 is 5.65 Å². The molecule has 5 rings (SSSR count). The minimum Gasteiger partial charge on any atom is -0.435 e. The highest BCUT2D eigenvalue weighted by Crippen LogP contribution is 2.27. The predicted molar refractivity (Wildman–Crippen MR) is 104 cm³/mol. The summed E-state index contributed by atoms with van der Waals surface area (Å²) >= 11 is 0. The second kappa shape index (κ2) is 7.56. The molecule has 0 spiro atoms. The van der Waals surface area contributed by atoms with Gasteiger partial charge in [-0.25, -0.2) is 13.9 Å². The molecule has 31 heavy (non-hydrogen) atoms. The van der Waals surface area contributed by atoms with Crippen molar-refractivity contribution in [2.75, 3.05) is 0 Å². The number of benzene rings is 2. The summed E-state index contributed by atoms with van der Waals surface area (Å²) in [6, 6.07) is 15.3. The molecular formula is C21H12F3N5O2. The van der Waals surface area contributed by atoms with Gasteiger partial charge in [-0.3, -0.25) is 0 Å². The first-order valence-corrected chi connectivity index (χ1v) is 9.07. The van der Waals surface area contributed by atoms with E-state index >= 15 is 0 Å². The third-order valence-electron chi connectivity index (χ3n) is 4.47. The molecule has 0 radical (unpaired) electrons. The Hall–Kier alpha value is -4.21. The summed E-state index contributed by atoms with van der Waals surface area (Å²) < 4.78 is 49.5. The van der Waals surface area contributed by atoms with Crippen LogP contribution in [-0.2, 0) is 0 Å². The SMILES string of the molecule is Fc1ccc(-c2ccnc3cc(-c4nnc(-c5ccc(OC(F)F)cc5)o4)nn23)cc1. The minimum atomic E-state index is -2.90. The molecule has 0 aliphatic rings. The van der Waals surface area contributed by atoms with Crippen LogP contribution in [0, 0.1) is 5.82 Å². The molecule has 0 saturated heterocycles. The van der Waals surface area contributed by atoms with E-state index in [9.17, 15) is 13.2 Å². The van der Waals surface area contributed by atoms with Gasteiger partial charge in [0.25, 0.3) is 5.89 Å². The first-order valence-electron chi connectivity index (χ1n) is 9.07. The fourth-order valence-electron chi connectivity index (χ4n) is 3.06. The number of hydrogen-bond acceptors (Lipinski definition) is 6. The molecule has 5 aromatic rings. The van der Waals surface area contributed by atoms with Gasteiger partial charge in [-0.05, 0) is 54.6 Å². The van der Waals surface area contributed by atoms with Crippen LogP contribution in [0.4, 0.5) is 13.2 Å². The van der Waals surface area contributed by atoms with Gasteiger partial charge in [0.15, 0.2) is 11.3 Å². The molecule has 0 bridgehead atoms. The maximum Gasteiger partial charge on any atom is 0.387 e. The van der Waals surface area contributed by atoms with Gasteiger partial charge in [-0.1, -0.05) is 0 Å². The third-order valence-corrected chi connectivity index (χ3v) is 4.47. The Balaban J connectivity index is 1.47. The number of aromatic nitrogens is 5. The molecule has 154 valence electrons. The average molecular weight is 423 g/mol. The highest BCUT2D eigenvalue weighted by molar-refractivity contribution is 5.66. The summed E-state index contributed by atoms with van der Waals surface area (Å²) in [5, 5.41) is 12.5. The quantitative estimate of drug-likeness (QED) is 0.402. The molecular weight excluding hydrogens is 411 g/mol. The Morgan fingerprint density at radius 2 is 1.58 bits per heavy atom. The van der Waals surface area contributed by atoms with E-state index in [0.29, 0.717) is 22.6 Å². The number of alkyl halides is 2. The van der Waals surface area contributed by atoms with Crippen LogP contribution in [0.2, 0.25) is 0 Å². The fraction of sp³-hybridized carbons (Fsp3) is 0.0476. The van der Waals surface area contributed by atoms with E-state index in [2.05, 4.69) is 25.0 Å². The van der Waals surface area contributed by atoms with Crippen LogP contribution in [0.5, 0.6) is 5.75 Å². The number of rotatable bonds is 5. The van der Waals surface area contributed by atoms with Crippen molar-refractivity contribution in [3.63, 3.8) is 0 Å². The van der Waals surface area contributed by atoms with Gasteiger partial charge in [0.05, 0.1) is 5.69 Å². The number of nitrogens with zero attached hydrogens (tertiary/aromatic N) is 5. The van der Waals surface area contributed by atoms with E-state index in [1.54, 1.807) is 35.0 Å². The van der Waals surface area contributed by atoms with Crippen LogP contribution in [0.15, 0.2) is 71.3 Å². The molecule has 0 N–H and O–H groups in total. The topological polar surface area (TPSA) is 78.3 Å². The summed E-state index contributed by atoms with van der Waals surface area (Å²) in [6.07, 6.45) is 1.63. The second-order valence-corrected chi connectivity index (χ2v) is 6.45. The molecule has 7 nitrogen and oxygen atoms in total. The van der Waals surface area contributed by atoms with Crippen LogP contribution in [0.25, 0.3) is 39.9 Å². The summed E-state index contributed by atoms with van der Waals surface area (Å²) in [5.41, 5.74) is 2.96. The zero-order chi connectivity index (χ0) is 21.4. The number of halogens is 3. The first kappa shape index (κ1) is 18.8. The number of ether oxygens (including phenoxy) is 1. The van der Waals surface area contributed by atoms with Gasteiger partial charge < -0.3 is 9.15 Å². The van der Waals surface area contributed by atoms with Crippen LogP contribution < -0.4 is 4.74 Å². The largest absolute Gasteiger partial charge is 0.435 e. The van der Waals surface area contributed by atoms with Crippen LogP contribution in [-0.4, -0.2) is 31.4 Å². The van der Waals surface area contributed by atoms with Crippen LogP contribution >= 0.6 is 0 Å². The molecule has 0 fully saturated rings. The van der Waals surface area contributed by atoms with Gasteiger partial charge >= 0.3 is 6.61 Å². The number of fused-ring (bicyclic) bond motifs is 1. The normalized spacial score (nSPS) is 11.4. The molecule has 3 aromatic heterocycles. The van der Waals surface area contributed by atoms with Crippen LogP contribution in [0.1, 0.15) is 0 Å². The van der Waals surface area contributed by atoms with Gasteiger partial charge in [0, 0.05) is 23.4 Å². The lowest BCUT2D eigenvalue weighted by Crippen LogP contribution is -2.01. The minimum absolute atomic E-state index is 0.0261. The van der Waals surface area contributed by atoms with Crippen molar-refractivity contribution in [3.05, 3.63) is 72.7 Å². The fourth-order valence-corrected chi connectivity index (χ4v) is 3.06. The highest BCUT2D eigenvalue weighted by Gasteiger charge is 2.16. The van der Waals surface area contributed by atoms with Crippen molar-refractivity contribution in [3.8, 4) is 40.0 Å². The molecule has 0 aliphatic heterocycles. The lowest BCUT2D eigenvalue weighted by Gasteiger charge is -2.04. The Kier molecular flexibility index (Phi) is 4.58. The average Bonchev–Trinajstić information content (AvgIpc) is 3.41. The van der Waals surface area contributed by atoms with E-state index in [4.69, 9.17) is 4.42 Å². The molecule has 0 atom stereocenters. The standard InChI is InChI=1S/C21H12F3N5O2/c22-14-5-1-12(2-6-14)17-9-10-25-18-11-16(28-29(17)18)20-27-26-19(31-20)13-3-7-15(8-4-13)30-21(23)24/h1-11,21H. The van der Waals surface area contributed by atoms with E-state index in [0.717, 1.165) is 5.56 Å².